The monoisotopic (exact) mass is 235 g/mol. The molecule has 94 valence electrons. The normalized spacial score (nSPS) is 10.6. The van der Waals surface area contributed by atoms with E-state index < -0.39 is 0 Å². The van der Waals surface area contributed by atoms with Gasteiger partial charge in [0.25, 0.3) is 0 Å². The van der Waals surface area contributed by atoms with Gasteiger partial charge in [0, 0.05) is 12.2 Å². The van der Waals surface area contributed by atoms with Crippen LogP contribution < -0.4 is 10.6 Å². The zero-order chi connectivity index (χ0) is 12.7. The Morgan fingerprint density at radius 3 is 2.88 bits per heavy atom. The quantitative estimate of drug-likeness (QED) is 0.780. The van der Waals surface area contributed by atoms with Crippen molar-refractivity contribution in [2.75, 3.05) is 6.54 Å². The Kier molecular flexibility index (Phi) is 5.63. The standard InChI is InChI=1S/C13H21N3O/c1-4-11-6-5-7-14-12(11)8-16-13(17)9-15-10(2)3/h5-7,10,15H,4,8-9H2,1-3H3,(H,16,17). The molecule has 0 unspecified atom stereocenters. The van der Waals surface area contributed by atoms with Crippen LogP contribution in [0.4, 0.5) is 0 Å². The van der Waals surface area contributed by atoms with Gasteiger partial charge in [-0.05, 0) is 18.1 Å². The van der Waals surface area contributed by atoms with Gasteiger partial charge in [0.15, 0.2) is 0 Å². The average Bonchev–Trinajstić information content (AvgIpc) is 2.34. The van der Waals surface area contributed by atoms with Crippen molar-refractivity contribution in [1.29, 1.82) is 0 Å². The second kappa shape index (κ2) is 7.01. The summed E-state index contributed by atoms with van der Waals surface area (Å²) in [7, 11) is 0. The molecule has 1 aromatic rings. The fourth-order valence-corrected chi connectivity index (χ4v) is 1.49. The molecule has 0 saturated carbocycles. The predicted molar refractivity (Wildman–Crippen MR) is 68.6 cm³/mol. The van der Waals surface area contributed by atoms with Gasteiger partial charge in [-0.25, -0.2) is 0 Å². The van der Waals surface area contributed by atoms with E-state index in [-0.39, 0.29) is 5.91 Å². The van der Waals surface area contributed by atoms with Crippen molar-refractivity contribution in [3.63, 3.8) is 0 Å². The van der Waals surface area contributed by atoms with E-state index in [4.69, 9.17) is 0 Å². The van der Waals surface area contributed by atoms with Crippen molar-refractivity contribution in [3.8, 4) is 0 Å². The molecule has 2 N–H and O–H groups in total. The molecule has 0 aliphatic rings. The molecule has 4 heteroatoms. The summed E-state index contributed by atoms with van der Waals surface area (Å²) in [5.41, 5.74) is 2.14. The zero-order valence-corrected chi connectivity index (χ0v) is 10.8. The summed E-state index contributed by atoms with van der Waals surface area (Å²) in [6, 6.07) is 4.28. The number of rotatable bonds is 6. The fourth-order valence-electron chi connectivity index (χ4n) is 1.49. The van der Waals surface area contributed by atoms with Gasteiger partial charge in [0.2, 0.25) is 5.91 Å². The van der Waals surface area contributed by atoms with E-state index in [0.29, 0.717) is 19.1 Å². The number of carbonyl (C=O) groups is 1. The topological polar surface area (TPSA) is 54.0 Å². The third-order valence-corrected chi connectivity index (χ3v) is 2.49. The van der Waals surface area contributed by atoms with Crippen LogP contribution in [-0.4, -0.2) is 23.5 Å². The van der Waals surface area contributed by atoms with Crippen molar-refractivity contribution in [1.82, 2.24) is 15.6 Å². The second-order valence-corrected chi connectivity index (χ2v) is 4.28. The molecule has 0 bridgehead atoms. The zero-order valence-electron chi connectivity index (χ0n) is 10.8. The van der Waals surface area contributed by atoms with Gasteiger partial charge in [-0.15, -0.1) is 0 Å². The maximum atomic E-state index is 11.5. The van der Waals surface area contributed by atoms with E-state index in [1.165, 1.54) is 5.56 Å². The molecule has 4 nitrogen and oxygen atoms in total. The summed E-state index contributed by atoms with van der Waals surface area (Å²) in [5.74, 6) is 0.00593. The number of carbonyl (C=O) groups excluding carboxylic acids is 1. The predicted octanol–water partition coefficient (Wildman–Crippen LogP) is 1.26. The van der Waals surface area contributed by atoms with Crippen LogP contribution in [0.5, 0.6) is 0 Å². The maximum absolute atomic E-state index is 11.5. The molecule has 1 aromatic heterocycles. The fraction of sp³-hybridized carbons (Fsp3) is 0.538. The van der Waals surface area contributed by atoms with Crippen LogP contribution in [0, 0.1) is 0 Å². The number of amides is 1. The molecule has 0 aromatic carbocycles. The van der Waals surface area contributed by atoms with Crippen LogP contribution >= 0.6 is 0 Å². The lowest BCUT2D eigenvalue weighted by Crippen LogP contribution is -2.36. The van der Waals surface area contributed by atoms with Crippen LogP contribution in [-0.2, 0) is 17.8 Å². The Hall–Kier alpha value is -1.42. The Labute approximate surface area is 103 Å². The first-order valence-corrected chi connectivity index (χ1v) is 6.06. The van der Waals surface area contributed by atoms with E-state index in [9.17, 15) is 4.79 Å². The summed E-state index contributed by atoms with van der Waals surface area (Å²) < 4.78 is 0. The van der Waals surface area contributed by atoms with E-state index >= 15 is 0 Å². The van der Waals surface area contributed by atoms with Crippen LogP contribution in [0.15, 0.2) is 18.3 Å². The smallest absolute Gasteiger partial charge is 0.234 e. The molecule has 0 saturated heterocycles. The van der Waals surface area contributed by atoms with Gasteiger partial charge in [-0.3, -0.25) is 9.78 Å². The Bertz CT molecular complexity index is 363. The molecular weight excluding hydrogens is 214 g/mol. The number of aromatic nitrogens is 1. The van der Waals surface area contributed by atoms with Crippen LogP contribution in [0.2, 0.25) is 0 Å². The molecule has 0 aliphatic heterocycles. The highest BCUT2D eigenvalue weighted by Crippen LogP contribution is 2.05. The summed E-state index contributed by atoms with van der Waals surface area (Å²) >= 11 is 0. The van der Waals surface area contributed by atoms with Crippen LogP contribution in [0.3, 0.4) is 0 Å². The number of nitrogens with one attached hydrogen (secondary N) is 2. The van der Waals surface area contributed by atoms with Gasteiger partial charge < -0.3 is 10.6 Å². The molecule has 0 atom stereocenters. The summed E-state index contributed by atoms with van der Waals surface area (Å²) in [5, 5.41) is 5.94. The molecular formula is C13H21N3O. The van der Waals surface area contributed by atoms with Crippen molar-refractivity contribution >= 4 is 5.91 Å². The van der Waals surface area contributed by atoms with Crippen LogP contribution in [0.1, 0.15) is 32.0 Å². The maximum Gasteiger partial charge on any atom is 0.234 e. The first-order valence-electron chi connectivity index (χ1n) is 6.06. The Balaban J connectivity index is 2.42. The lowest BCUT2D eigenvalue weighted by Gasteiger charge is -2.10. The van der Waals surface area contributed by atoms with E-state index in [1.54, 1.807) is 6.20 Å². The lowest BCUT2D eigenvalue weighted by atomic mass is 10.1. The molecule has 0 fully saturated rings. The summed E-state index contributed by atoms with van der Waals surface area (Å²) in [6.45, 7) is 6.97. The van der Waals surface area contributed by atoms with Gasteiger partial charge in [0.1, 0.15) is 0 Å². The first kappa shape index (κ1) is 13.6. The van der Waals surface area contributed by atoms with Gasteiger partial charge in [-0.2, -0.15) is 0 Å². The molecule has 0 radical (unpaired) electrons. The number of pyridine rings is 1. The largest absolute Gasteiger partial charge is 0.349 e. The highest BCUT2D eigenvalue weighted by molar-refractivity contribution is 5.77. The average molecular weight is 235 g/mol. The summed E-state index contributed by atoms with van der Waals surface area (Å²) in [4.78, 5) is 15.8. The minimum Gasteiger partial charge on any atom is -0.349 e. The van der Waals surface area contributed by atoms with Crippen molar-refractivity contribution in [3.05, 3.63) is 29.6 Å². The molecule has 17 heavy (non-hydrogen) atoms. The number of aryl methyl sites for hydroxylation is 1. The Morgan fingerprint density at radius 1 is 1.47 bits per heavy atom. The van der Waals surface area contributed by atoms with Crippen molar-refractivity contribution < 1.29 is 4.79 Å². The molecule has 0 aliphatic carbocycles. The van der Waals surface area contributed by atoms with E-state index in [2.05, 4.69) is 22.5 Å². The van der Waals surface area contributed by atoms with Crippen molar-refractivity contribution in [2.45, 2.75) is 39.8 Å². The number of hydrogen-bond donors (Lipinski definition) is 2. The molecule has 0 spiro atoms. The van der Waals surface area contributed by atoms with E-state index in [1.807, 2.05) is 26.0 Å². The third-order valence-electron chi connectivity index (χ3n) is 2.49. The minimum atomic E-state index is 0.00593. The SMILES string of the molecule is CCc1cccnc1CNC(=O)CNC(C)C. The van der Waals surface area contributed by atoms with Gasteiger partial charge >= 0.3 is 0 Å². The molecule has 1 amide bonds. The molecule has 1 heterocycles. The van der Waals surface area contributed by atoms with Gasteiger partial charge in [-0.1, -0.05) is 26.8 Å². The number of hydrogen-bond acceptors (Lipinski definition) is 3. The Morgan fingerprint density at radius 2 is 2.24 bits per heavy atom. The number of nitrogens with zero attached hydrogens (tertiary/aromatic N) is 1. The second-order valence-electron chi connectivity index (χ2n) is 4.28. The highest BCUT2D eigenvalue weighted by atomic mass is 16.1. The summed E-state index contributed by atoms with van der Waals surface area (Å²) in [6.07, 6.45) is 2.69. The third kappa shape index (κ3) is 4.95. The van der Waals surface area contributed by atoms with Crippen molar-refractivity contribution in [2.24, 2.45) is 0 Å². The molecule has 1 rings (SSSR count). The van der Waals surface area contributed by atoms with Gasteiger partial charge in [0.05, 0.1) is 18.8 Å². The highest BCUT2D eigenvalue weighted by Gasteiger charge is 2.05. The first-order chi connectivity index (χ1) is 8.13. The van der Waals surface area contributed by atoms with Crippen LogP contribution in [0.25, 0.3) is 0 Å². The van der Waals surface area contributed by atoms with E-state index in [0.717, 1.165) is 12.1 Å². The minimum absolute atomic E-state index is 0.00593. The lowest BCUT2D eigenvalue weighted by molar-refractivity contribution is -0.120.